The molecule has 1 amide bonds. The molecule has 0 aromatic heterocycles. The number of halogens is 2. The molecule has 5 nitrogen and oxygen atoms in total. The molecule has 2 fully saturated rings. The fraction of sp³-hybridized carbons (Fsp3) is 0.667. The van der Waals surface area contributed by atoms with Gasteiger partial charge in [-0.05, 0) is 44.2 Å². The number of hydrogen-bond acceptors (Lipinski definition) is 4. The highest BCUT2D eigenvalue weighted by molar-refractivity contribution is 5.85. The van der Waals surface area contributed by atoms with Crippen LogP contribution < -0.4 is 10.6 Å². The zero-order valence-electron chi connectivity index (χ0n) is 16.6. The van der Waals surface area contributed by atoms with Crippen LogP contribution in [-0.2, 0) is 16.1 Å². The van der Waals surface area contributed by atoms with Crippen LogP contribution in [0.1, 0.15) is 44.1 Å². The first-order valence-corrected chi connectivity index (χ1v) is 10.2. The van der Waals surface area contributed by atoms with Crippen molar-refractivity contribution in [2.45, 2.75) is 57.2 Å². The molecule has 1 aromatic carbocycles. The molecular weight excluding hydrogens is 397 g/mol. The third-order valence-electron chi connectivity index (χ3n) is 5.38. The second kappa shape index (κ2) is 14.2. The van der Waals surface area contributed by atoms with E-state index in [1.807, 2.05) is 0 Å². The number of amides is 1. The summed E-state index contributed by atoms with van der Waals surface area (Å²) >= 11 is 0. The van der Waals surface area contributed by atoms with Gasteiger partial charge in [0.25, 0.3) is 0 Å². The van der Waals surface area contributed by atoms with Gasteiger partial charge in [0.1, 0.15) is 0 Å². The lowest BCUT2D eigenvalue weighted by Gasteiger charge is -2.32. The highest BCUT2D eigenvalue weighted by atomic mass is 35.5. The van der Waals surface area contributed by atoms with Gasteiger partial charge >= 0.3 is 0 Å². The standard InChI is InChI=1S/C21H33N3O2.2ClH/c25-21(20-9-4-5-12-22-20)23-13-6-16-26-19-10-14-24(15-11-19)17-18-7-2-1-3-8-18;;/h1-3,7-8,19-20,22H,4-6,9-17H2,(H,23,25);2*1H/t20-;;/m1../s1. The van der Waals surface area contributed by atoms with Crippen LogP contribution in [0.2, 0.25) is 0 Å². The molecule has 160 valence electrons. The predicted molar refractivity (Wildman–Crippen MR) is 118 cm³/mol. The maximum atomic E-state index is 12.0. The number of piperidine rings is 2. The highest BCUT2D eigenvalue weighted by Gasteiger charge is 2.21. The molecule has 0 saturated carbocycles. The molecule has 2 saturated heterocycles. The molecule has 0 spiro atoms. The fourth-order valence-electron chi connectivity index (χ4n) is 3.81. The fourth-order valence-corrected chi connectivity index (χ4v) is 3.81. The normalized spacial score (nSPS) is 20.6. The second-order valence-corrected chi connectivity index (χ2v) is 7.48. The first-order valence-electron chi connectivity index (χ1n) is 10.2. The quantitative estimate of drug-likeness (QED) is 0.620. The Morgan fingerprint density at radius 3 is 2.54 bits per heavy atom. The van der Waals surface area contributed by atoms with E-state index < -0.39 is 0 Å². The van der Waals surface area contributed by atoms with Gasteiger partial charge in [-0.25, -0.2) is 0 Å². The Bertz CT molecular complexity index is 534. The molecule has 28 heavy (non-hydrogen) atoms. The summed E-state index contributed by atoms with van der Waals surface area (Å²) < 4.78 is 6.02. The van der Waals surface area contributed by atoms with E-state index in [1.54, 1.807) is 0 Å². The van der Waals surface area contributed by atoms with Crippen molar-refractivity contribution in [2.24, 2.45) is 0 Å². The number of nitrogens with one attached hydrogen (secondary N) is 2. The van der Waals surface area contributed by atoms with E-state index in [2.05, 4.69) is 45.9 Å². The summed E-state index contributed by atoms with van der Waals surface area (Å²) in [6, 6.07) is 10.7. The van der Waals surface area contributed by atoms with Crippen LogP contribution in [0.4, 0.5) is 0 Å². The molecular formula is C21H35Cl2N3O2. The smallest absolute Gasteiger partial charge is 0.237 e. The van der Waals surface area contributed by atoms with E-state index >= 15 is 0 Å². The van der Waals surface area contributed by atoms with E-state index in [0.717, 1.165) is 64.9 Å². The van der Waals surface area contributed by atoms with E-state index in [9.17, 15) is 4.79 Å². The molecule has 7 heteroatoms. The van der Waals surface area contributed by atoms with Crippen molar-refractivity contribution < 1.29 is 9.53 Å². The topological polar surface area (TPSA) is 53.6 Å². The van der Waals surface area contributed by atoms with Gasteiger partial charge in [0.05, 0.1) is 12.1 Å². The molecule has 3 rings (SSSR count). The maximum absolute atomic E-state index is 12.0. The molecule has 2 aliphatic heterocycles. The summed E-state index contributed by atoms with van der Waals surface area (Å²) in [4.78, 5) is 14.5. The van der Waals surface area contributed by atoms with E-state index in [0.29, 0.717) is 12.6 Å². The van der Waals surface area contributed by atoms with E-state index in [4.69, 9.17) is 4.74 Å². The Morgan fingerprint density at radius 1 is 1.11 bits per heavy atom. The molecule has 1 aromatic rings. The molecule has 0 unspecified atom stereocenters. The molecule has 0 bridgehead atoms. The summed E-state index contributed by atoms with van der Waals surface area (Å²) in [5.74, 6) is 0.152. The second-order valence-electron chi connectivity index (χ2n) is 7.48. The first kappa shape index (κ1) is 25.2. The first-order chi connectivity index (χ1) is 12.8. The third kappa shape index (κ3) is 8.66. The minimum absolute atomic E-state index is 0. The number of ether oxygens (including phenoxy) is 1. The van der Waals surface area contributed by atoms with Gasteiger partial charge in [0.2, 0.25) is 5.91 Å². The summed E-state index contributed by atoms with van der Waals surface area (Å²) in [5, 5.41) is 6.32. The summed E-state index contributed by atoms with van der Waals surface area (Å²) in [5.41, 5.74) is 1.38. The molecule has 1 atom stereocenters. The van der Waals surface area contributed by atoms with Gasteiger partial charge in [0.15, 0.2) is 0 Å². The van der Waals surface area contributed by atoms with Crippen LogP contribution in [0, 0.1) is 0 Å². The Kier molecular flexibility index (Phi) is 12.8. The van der Waals surface area contributed by atoms with Crippen LogP contribution in [0.15, 0.2) is 30.3 Å². The average molecular weight is 432 g/mol. The van der Waals surface area contributed by atoms with Crippen LogP contribution in [0.5, 0.6) is 0 Å². The molecule has 0 radical (unpaired) electrons. The lowest BCUT2D eigenvalue weighted by molar-refractivity contribution is -0.123. The van der Waals surface area contributed by atoms with Crippen LogP contribution in [-0.4, -0.2) is 55.7 Å². The number of carbonyl (C=O) groups excluding carboxylic acids is 1. The van der Waals surface area contributed by atoms with Crippen LogP contribution in [0.25, 0.3) is 0 Å². The van der Waals surface area contributed by atoms with Gasteiger partial charge in [-0.3, -0.25) is 9.69 Å². The SMILES string of the molecule is Cl.Cl.O=C(NCCCOC1CCN(Cc2ccccc2)CC1)[C@H]1CCCCN1. The summed E-state index contributed by atoms with van der Waals surface area (Å²) in [6.45, 7) is 5.65. The maximum Gasteiger partial charge on any atom is 0.237 e. The molecule has 2 N–H and O–H groups in total. The molecule has 2 heterocycles. The zero-order chi connectivity index (χ0) is 18.0. The van der Waals surface area contributed by atoms with Crippen molar-refractivity contribution in [1.29, 1.82) is 0 Å². The van der Waals surface area contributed by atoms with Crippen molar-refractivity contribution in [2.75, 3.05) is 32.8 Å². The summed E-state index contributed by atoms with van der Waals surface area (Å²) in [6.07, 6.45) is 6.76. The van der Waals surface area contributed by atoms with E-state index in [-0.39, 0.29) is 36.8 Å². The average Bonchev–Trinajstić information content (AvgIpc) is 2.70. The number of nitrogens with zero attached hydrogens (tertiary/aromatic N) is 1. The Balaban J connectivity index is 0.00000196. The van der Waals surface area contributed by atoms with Crippen molar-refractivity contribution in [3.05, 3.63) is 35.9 Å². The minimum Gasteiger partial charge on any atom is -0.378 e. The van der Waals surface area contributed by atoms with Crippen molar-refractivity contribution in [3.8, 4) is 0 Å². The van der Waals surface area contributed by atoms with Crippen molar-refractivity contribution in [3.63, 3.8) is 0 Å². The van der Waals surface area contributed by atoms with E-state index in [1.165, 1.54) is 12.0 Å². The number of likely N-dealkylation sites (tertiary alicyclic amines) is 1. The lowest BCUT2D eigenvalue weighted by atomic mass is 10.0. The van der Waals surface area contributed by atoms with Crippen LogP contribution >= 0.6 is 24.8 Å². The minimum atomic E-state index is 0. The van der Waals surface area contributed by atoms with Crippen molar-refractivity contribution >= 4 is 30.7 Å². The van der Waals surface area contributed by atoms with Crippen LogP contribution in [0.3, 0.4) is 0 Å². The largest absolute Gasteiger partial charge is 0.378 e. The number of hydrogen-bond donors (Lipinski definition) is 2. The Morgan fingerprint density at radius 2 is 1.86 bits per heavy atom. The van der Waals surface area contributed by atoms with Gasteiger partial charge in [-0.1, -0.05) is 36.8 Å². The Hall–Kier alpha value is -0.850. The number of rotatable bonds is 8. The third-order valence-corrected chi connectivity index (χ3v) is 5.38. The highest BCUT2D eigenvalue weighted by Crippen LogP contribution is 2.16. The van der Waals surface area contributed by atoms with Gasteiger partial charge in [-0.15, -0.1) is 24.8 Å². The Labute approximate surface area is 181 Å². The molecule has 2 aliphatic rings. The monoisotopic (exact) mass is 431 g/mol. The predicted octanol–water partition coefficient (Wildman–Crippen LogP) is 3.16. The van der Waals surface area contributed by atoms with Gasteiger partial charge in [0, 0.05) is 32.8 Å². The number of benzene rings is 1. The summed E-state index contributed by atoms with van der Waals surface area (Å²) in [7, 11) is 0. The molecule has 0 aliphatic carbocycles. The van der Waals surface area contributed by atoms with Crippen molar-refractivity contribution in [1.82, 2.24) is 15.5 Å². The lowest BCUT2D eigenvalue weighted by Crippen LogP contribution is -2.46. The van der Waals surface area contributed by atoms with Gasteiger partial charge in [-0.2, -0.15) is 0 Å². The number of carbonyl (C=O) groups is 1. The zero-order valence-corrected chi connectivity index (χ0v) is 18.2. The van der Waals surface area contributed by atoms with Gasteiger partial charge < -0.3 is 15.4 Å².